The number of rotatable bonds is 6. The maximum Gasteiger partial charge on any atom is 0.330 e. The summed E-state index contributed by atoms with van der Waals surface area (Å²) in [5.74, 6) is -3.22. The van der Waals surface area contributed by atoms with E-state index in [1.807, 2.05) is 69.3 Å². The first-order valence-corrected chi connectivity index (χ1v) is 18.8. The summed E-state index contributed by atoms with van der Waals surface area (Å²) >= 11 is 0. The third-order valence-corrected chi connectivity index (χ3v) is 11.3. The van der Waals surface area contributed by atoms with Crippen LogP contribution in [0.25, 0.3) is 22.2 Å². The highest BCUT2D eigenvalue weighted by Gasteiger charge is 2.62. The van der Waals surface area contributed by atoms with Gasteiger partial charge in [-0.3, -0.25) is 19.3 Å². The third-order valence-electron chi connectivity index (χ3n) is 11.3. The van der Waals surface area contributed by atoms with E-state index in [9.17, 15) is 24.3 Å². The topological polar surface area (TPSA) is 129 Å². The number of benzene rings is 2. The van der Waals surface area contributed by atoms with Crippen LogP contribution < -0.4 is 5.32 Å². The lowest BCUT2D eigenvalue weighted by Gasteiger charge is -2.32. The van der Waals surface area contributed by atoms with Crippen LogP contribution in [0.2, 0.25) is 0 Å². The minimum atomic E-state index is -1.38. The number of carboxylic acids is 1. The van der Waals surface area contributed by atoms with Crippen LogP contribution in [0, 0.1) is 23.7 Å². The Kier molecular flexibility index (Phi) is 9.95. The zero-order chi connectivity index (χ0) is 36.6. The molecule has 0 spiro atoms. The van der Waals surface area contributed by atoms with E-state index in [-0.39, 0.29) is 30.1 Å². The SMILES string of the molecule is CC(C)(C)OC(=O)C[C@@H]1CCCCC/C=C\[C@@H]2C[C@@]2(C(=O)O)NC(=O)[C@@H]2[C@H]3CN(Cc4cc(-c5ccccc5)nc5ccccc45)C[C@H]3CN2C1=O. The second-order valence-electron chi connectivity index (χ2n) is 16.2. The molecule has 3 aliphatic heterocycles. The number of pyridine rings is 1. The molecule has 10 heteroatoms. The summed E-state index contributed by atoms with van der Waals surface area (Å²) in [5.41, 5.74) is 1.93. The molecule has 10 nitrogen and oxygen atoms in total. The van der Waals surface area contributed by atoms with Gasteiger partial charge in [-0.15, -0.1) is 0 Å². The van der Waals surface area contributed by atoms with Gasteiger partial charge in [-0.25, -0.2) is 9.78 Å². The van der Waals surface area contributed by atoms with Gasteiger partial charge in [0.2, 0.25) is 11.8 Å². The van der Waals surface area contributed by atoms with Crippen LogP contribution in [-0.2, 0) is 30.5 Å². The van der Waals surface area contributed by atoms with E-state index in [0.717, 1.165) is 53.4 Å². The predicted molar refractivity (Wildman–Crippen MR) is 198 cm³/mol. The van der Waals surface area contributed by atoms with Crippen molar-refractivity contribution in [3.63, 3.8) is 0 Å². The number of aromatic nitrogens is 1. The highest BCUT2D eigenvalue weighted by molar-refractivity contribution is 5.96. The van der Waals surface area contributed by atoms with Gasteiger partial charge in [-0.2, -0.15) is 0 Å². The molecule has 2 aromatic carbocycles. The van der Waals surface area contributed by atoms with Gasteiger partial charge in [0, 0.05) is 54.9 Å². The third kappa shape index (κ3) is 7.49. The molecule has 2 amide bonds. The maximum atomic E-state index is 14.5. The number of fused-ring (bicyclic) bond motifs is 5. The highest BCUT2D eigenvalue weighted by atomic mass is 16.6. The number of amides is 2. The Bertz CT molecular complexity index is 1870. The smallest absolute Gasteiger partial charge is 0.330 e. The molecule has 3 fully saturated rings. The zero-order valence-electron chi connectivity index (χ0n) is 30.4. The lowest BCUT2D eigenvalue weighted by atomic mass is 9.92. The molecule has 2 N–H and O–H groups in total. The fourth-order valence-electron chi connectivity index (χ4n) is 8.68. The summed E-state index contributed by atoms with van der Waals surface area (Å²) in [6, 6.07) is 19.6. The second-order valence-corrected chi connectivity index (χ2v) is 16.2. The quantitative estimate of drug-likeness (QED) is 0.237. The van der Waals surface area contributed by atoms with Crippen LogP contribution in [0.4, 0.5) is 0 Å². The summed E-state index contributed by atoms with van der Waals surface area (Å²) in [6.45, 7) is 7.71. The Morgan fingerprint density at radius 2 is 1.77 bits per heavy atom. The summed E-state index contributed by atoms with van der Waals surface area (Å²) in [6.07, 6.45) is 8.08. The highest BCUT2D eigenvalue weighted by Crippen LogP contribution is 2.46. The molecule has 52 heavy (non-hydrogen) atoms. The van der Waals surface area contributed by atoms with Crippen molar-refractivity contribution in [1.29, 1.82) is 0 Å². The average Bonchev–Trinajstić information content (AvgIpc) is 3.48. The van der Waals surface area contributed by atoms with E-state index in [1.165, 1.54) is 0 Å². The molecule has 0 unspecified atom stereocenters. The number of para-hydroxylation sites is 1. The first kappa shape index (κ1) is 35.8. The maximum absolute atomic E-state index is 14.5. The van der Waals surface area contributed by atoms with Gasteiger partial charge in [-0.05, 0) is 70.1 Å². The molecular formula is C42H50N4O6. The average molecular weight is 707 g/mol. The number of ether oxygens (including phenoxy) is 1. The fourth-order valence-corrected chi connectivity index (χ4v) is 8.68. The van der Waals surface area contributed by atoms with Crippen molar-refractivity contribution in [3.05, 3.63) is 78.4 Å². The van der Waals surface area contributed by atoms with Gasteiger partial charge >= 0.3 is 11.9 Å². The molecule has 0 bridgehead atoms. The van der Waals surface area contributed by atoms with Crippen molar-refractivity contribution in [2.75, 3.05) is 19.6 Å². The molecule has 6 atom stereocenters. The van der Waals surface area contributed by atoms with E-state index >= 15 is 0 Å². The Morgan fingerprint density at radius 3 is 2.54 bits per heavy atom. The first-order chi connectivity index (χ1) is 24.9. The summed E-state index contributed by atoms with van der Waals surface area (Å²) in [7, 11) is 0. The van der Waals surface area contributed by atoms with Crippen molar-refractivity contribution in [2.45, 2.75) is 89.4 Å². The van der Waals surface area contributed by atoms with Gasteiger partial charge in [0.15, 0.2) is 0 Å². The van der Waals surface area contributed by atoms with Crippen LogP contribution in [0.15, 0.2) is 72.8 Å². The number of likely N-dealkylation sites (tertiary alicyclic amines) is 1. The van der Waals surface area contributed by atoms with Gasteiger partial charge in [0.05, 0.1) is 17.6 Å². The van der Waals surface area contributed by atoms with E-state index in [2.05, 4.69) is 34.5 Å². The van der Waals surface area contributed by atoms with E-state index in [4.69, 9.17) is 9.72 Å². The second kappa shape index (κ2) is 14.5. The first-order valence-electron chi connectivity index (χ1n) is 18.8. The van der Waals surface area contributed by atoms with Crippen molar-refractivity contribution < 1.29 is 29.0 Å². The predicted octanol–water partition coefficient (Wildman–Crippen LogP) is 5.99. The standard InChI is InChI=1S/C42H50N4O6/c1-41(2,3)52-36(47)21-28-16-8-5-4-6-11-17-31-22-42(31,40(50)51)44-38(48)37-33-26-45(24-30(33)25-46(37)39(28)49)23-29-20-35(27-14-9-7-10-15-27)43-34-19-13-12-18-32(29)34/h7,9-15,17-20,28,30-31,33,37H,4-6,8,16,21-26H2,1-3H3,(H,44,48)(H,50,51)/b17-11-/t28-,30-,31+,33-,37-,42+/m0/s1. The number of carboxylic acid groups (broad SMARTS) is 1. The molecule has 4 aliphatic rings. The van der Waals surface area contributed by atoms with E-state index in [1.54, 1.807) is 4.90 Å². The zero-order valence-corrected chi connectivity index (χ0v) is 30.4. The van der Waals surface area contributed by atoms with Crippen molar-refractivity contribution in [1.82, 2.24) is 20.1 Å². The fraction of sp³-hybridized carbons (Fsp3) is 0.500. The van der Waals surface area contributed by atoms with Crippen molar-refractivity contribution in [2.24, 2.45) is 23.7 Å². The molecule has 2 saturated heterocycles. The van der Waals surface area contributed by atoms with Crippen LogP contribution in [0.3, 0.4) is 0 Å². The normalized spacial score (nSPS) is 28.9. The number of nitrogens with zero attached hydrogens (tertiary/aromatic N) is 3. The van der Waals surface area contributed by atoms with Crippen molar-refractivity contribution in [3.8, 4) is 11.3 Å². The molecular weight excluding hydrogens is 656 g/mol. The number of carbonyl (C=O) groups is 4. The number of esters is 1. The van der Waals surface area contributed by atoms with E-state index < -0.39 is 40.9 Å². The lowest BCUT2D eigenvalue weighted by molar-refractivity contribution is -0.159. The molecule has 7 rings (SSSR count). The Morgan fingerprint density at radius 1 is 1.00 bits per heavy atom. The summed E-state index contributed by atoms with van der Waals surface area (Å²) < 4.78 is 5.64. The van der Waals surface area contributed by atoms with Crippen LogP contribution in [0.1, 0.15) is 71.3 Å². The minimum Gasteiger partial charge on any atom is -0.479 e. The molecule has 274 valence electrons. The molecule has 1 saturated carbocycles. The van der Waals surface area contributed by atoms with Gasteiger partial charge in [0.1, 0.15) is 17.2 Å². The summed E-state index contributed by atoms with van der Waals surface area (Å²) in [4.78, 5) is 63.6. The van der Waals surface area contributed by atoms with Gasteiger partial charge in [0.25, 0.3) is 0 Å². The minimum absolute atomic E-state index is 0.0122. The number of hydrogen-bond donors (Lipinski definition) is 2. The van der Waals surface area contributed by atoms with Crippen LogP contribution >= 0.6 is 0 Å². The molecule has 1 aliphatic carbocycles. The van der Waals surface area contributed by atoms with Crippen molar-refractivity contribution >= 4 is 34.7 Å². The van der Waals surface area contributed by atoms with Gasteiger partial charge < -0.3 is 20.1 Å². The number of aliphatic carboxylic acids is 1. The molecule has 1 aromatic heterocycles. The van der Waals surface area contributed by atoms with E-state index in [0.29, 0.717) is 39.0 Å². The van der Waals surface area contributed by atoms with Gasteiger partial charge in [-0.1, -0.05) is 73.5 Å². The number of carbonyl (C=O) groups excluding carboxylic acids is 3. The molecule has 3 aromatic rings. The number of allylic oxidation sites excluding steroid dienone is 1. The van der Waals surface area contributed by atoms with Crippen LogP contribution in [0.5, 0.6) is 0 Å². The number of hydrogen-bond acceptors (Lipinski definition) is 7. The number of nitrogens with one attached hydrogen (secondary N) is 1. The van der Waals surface area contributed by atoms with Crippen LogP contribution in [-0.4, -0.2) is 80.5 Å². The monoisotopic (exact) mass is 706 g/mol. The lowest BCUT2D eigenvalue weighted by Crippen LogP contribution is -2.56. The summed E-state index contributed by atoms with van der Waals surface area (Å²) in [5, 5.41) is 14.3. The molecule has 0 radical (unpaired) electrons. The largest absolute Gasteiger partial charge is 0.479 e. The Balaban J connectivity index is 1.18. The molecule has 4 heterocycles. The Hall–Kier alpha value is -4.57. The Labute approximate surface area is 305 Å².